The molecule has 0 aliphatic carbocycles. The van der Waals surface area contributed by atoms with Crippen LogP contribution in [0.3, 0.4) is 0 Å². The van der Waals surface area contributed by atoms with Crippen LogP contribution in [0.4, 0.5) is 0 Å². The van der Waals surface area contributed by atoms with Gasteiger partial charge in [-0.2, -0.15) is 5.10 Å². The summed E-state index contributed by atoms with van der Waals surface area (Å²) in [5.74, 6) is 0.596. The summed E-state index contributed by atoms with van der Waals surface area (Å²) in [5, 5.41) is 10.2. The van der Waals surface area contributed by atoms with Crippen LogP contribution in [0.5, 0.6) is 5.75 Å². The standard InChI is InChI=1S/C19H22N4O2S/c1-13-6-4-5-7-17(13)25-11-18(24)20-9-8-16-12-26-19(21-16)23-15(3)10-14(2)22-23/h4-7,10,12H,8-9,11H2,1-3H3,(H,20,24). The number of aryl methyl sites for hydroxylation is 3. The number of hydrogen-bond acceptors (Lipinski definition) is 5. The Labute approximate surface area is 156 Å². The van der Waals surface area contributed by atoms with E-state index < -0.39 is 0 Å². The molecule has 3 aromatic rings. The Morgan fingerprint density at radius 1 is 1.27 bits per heavy atom. The van der Waals surface area contributed by atoms with Crippen LogP contribution >= 0.6 is 11.3 Å². The van der Waals surface area contributed by atoms with E-state index >= 15 is 0 Å². The van der Waals surface area contributed by atoms with Gasteiger partial charge in [-0.3, -0.25) is 4.79 Å². The van der Waals surface area contributed by atoms with E-state index in [2.05, 4.69) is 15.4 Å². The van der Waals surface area contributed by atoms with Crippen molar-refractivity contribution >= 4 is 17.2 Å². The molecule has 2 heterocycles. The molecule has 0 saturated heterocycles. The predicted octanol–water partition coefficient (Wildman–Crippen LogP) is 2.99. The van der Waals surface area contributed by atoms with E-state index in [0.29, 0.717) is 13.0 Å². The third kappa shape index (κ3) is 4.49. The highest BCUT2D eigenvalue weighted by Gasteiger charge is 2.09. The largest absolute Gasteiger partial charge is 0.484 e. The molecule has 0 saturated carbocycles. The van der Waals surface area contributed by atoms with E-state index in [4.69, 9.17) is 4.74 Å². The van der Waals surface area contributed by atoms with Crippen LogP contribution in [-0.4, -0.2) is 33.8 Å². The van der Waals surface area contributed by atoms with Gasteiger partial charge in [0.05, 0.1) is 11.4 Å². The van der Waals surface area contributed by atoms with Gasteiger partial charge in [0.1, 0.15) is 5.75 Å². The summed E-state index contributed by atoms with van der Waals surface area (Å²) in [6.45, 7) is 6.47. The lowest BCUT2D eigenvalue weighted by atomic mass is 10.2. The summed E-state index contributed by atoms with van der Waals surface area (Å²) in [6, 6.07) is 9.67. The fourth-order valence-corrected chi connectivity index (χ4v) is 3.44. The van der Waals surface area contributed by atoms with Crippen molar-refractivity contribution in [1.29, 1.82) is 0 Å². The molecule has 0 bridgehead atoms. The van der Waals surface area contributed by atoms with Gasteiger partial charge in [0.2, 0.25) is 5.13 Å². The van der Waals surface area contributed by atoms with Crippen molar-refractivity contribution in [1.82, 2.24) is 20.1 Å². The number of amides is 1. The zero-order chi connectivity index (χ0) is 18.5. The number of thiazole rings is 1. The molecule has 136 valence electrons. The molecule has 0 spiro atoms. The van der Waals surface area contributed by atoms with E-state index in [0.717, 1.165) is 33.5 Å². The van der Waals surface area contributed by atoms with Gasteiger partial charge in [0.15, 0.2) is 6.61 Å². The Kier molecular flexibility index (Phi) is 5.68. The molecule has 0 radical (unpaired) electrons. The first-order valence-electron chi connectivity index (χ1n) is 8.46. The monoisotopic (exact) mass is 370 g/mol. The van der Waals surface area contributed by atoms with Gasteiger partial charge in [0, 0.05) is 24.0 Å². The van der Waals surface area contributed by atoms with E-state index in [9.17, 15) is 4.79 Å². The lowest BCUT2D eigenvalue weighted by Crippen LogP contribution is -2.30. The second-order valence-corrected chi connectivity index (χ2v) is 6.95. The van der Waals surface area contributed by atoms with Crippen LogP contribution < -0.4 is 10.1 Å². The summed E-state index contributed by atoms with van der Waals surface area (Å²) >= 11 is 1.55. The number of para-hydroxylation sites is 1. The van der Waals surface area contributed by atoms with E-state index in [1.165, 1.54) is 0 Å². The van der Waals surface area contributed by atoms with Crippen molar-refractivity contribution in [3.05, 3.63) is 58.4 Å². The molecule has 1 amide bonds. The predicted molar refractivity (Wildman–Crippen MR) is 102 cm³/mol. The van der Waals surface area contributed by atoms with Gasteiger partial charge in [-0.1, -0.05) is 18.2 Å². The topological polar surface area (TPSA) is 69.0 Å². The Morgan fingerprint density at radius 3 is 2.81 bits per heavy atom. The highest BCUT2D eigenvalue weighted by molar-refractivity contribution is 7.12. The Hall–Kier alpha value is -2.67. The average molecular weight is 370 g/mol. The molecular formula is C19H22N4O2S. The van der Waals surface area contributed by atoms with E-state index in [1.54, 1.807) is 11.3 Å². The quantitative estimate of drug-likeness (QED) is 0.694. The highest BCUT2D eigenvalue weighted by atomic mass is 32.1. The van der Waals surface area contributed by atoms with E-state index in [-0.39, 0.29) is 12.5 Å². The number of carbonyl (C=O) groups excluding carboxylic acids is 1. The summed E-state index contributed by atoms with van der Waals surface area (Å²) in [4.78, 5) is 16.5. The normalized spacial score (nSPS) is 10.7. The van der Waals surface area contributed by atoms with Crippen molar-refractivity contribution in [2.45, 2.75) is 27.2 Å². The summed E-state index contributed by atoms with van der Waals surface area (Å²) in [5.41, 5.74) is 3.99. The maximum Gasteiger partial charge on any atom is 0.257 e. The van der Waals surface area contributed by atoms with Gasteiger partial charge >= 0.3 is 0 Å². The molecular weight excluding hydrogens is 348 g/mol. The smallest absolute Gasteiger partial charge is 0.257 e. The lowest BCUT2D eigenvalue weighted by molar-refractivity contribution is -0.123. The molecule has 0 aliphatic rings. The number of nitrogens with one attached hydrogen (secondary N) is 1. The summed E-state index contributed by atoms with van der Waals surface area (Å²) in [6.07, 6.45) is 0.673. The van der Waals surface area contributed by atoms with Crippen molar-refractivity contribution in [3.63, 3.8) is 0 Å². The van der Waals surface area contributed by atoms with Crippen molar-refractivity contribution in [3.8, 4) is 10.9 Å². The second-order valence-electron chi connectivity index (χ2n) is 6.11. The molecule has 2 aromatic heterocycles. The fraction of sp³-hybridized carbons (Fsp3) is 0.316. The molecule has 3 rings (SSSR count). The maximum absolute atomic E-state index is 11.9. The van der Waals surface area contributed by atoms with E-state index in [1.807, 2.05) is 61.2 Å². The molecule has 0 fully saturated rings. The molecule has 7 heteroatoms. The van der Waals surface area contributed by atoms with Crippen LogP contribution in [0, 0.1) is 20.8 Å². The van der Waals surface area contributed by atoms with Gasteiger partial charge in [-0.15, -0.1) is 11.3 Å². The van der Waals surface area contributed by atoms with Crippen LogP contribution in [0.2, 0.25) is 0 Å². The molecule has 0 aliphatic heterocycles. The van der Waals surface area contributed by atoms with Gasteiger partial charge in [0.25, 0.3) is 5.91 Å². The SMILES string of the molecule is Cc1cc(C)n(-c2nc(CCNC(=O)COc3ccccc3C)cs2)n1. The molecule has 26 heavy (non-hydrogen) atoms. The Morgan fingerprint density at radius 2 is 2.08 bits per heavy atom. The van der Waals surface area contributed by atoms with Gasteiger partial charge in [-0.25, -0.2) is 9.67 Å². The molecule has 0 atom stereocenters. The van der Waals surface area contributed by atoms with Crippen LogP contribution in [0.25, 0.3) is 5.13 Å². The Balaban J connectivity index is 1.46. The van der Waals surface area contributed by atoms with Crippen molar-refractivity contribution in [2.75, 3.05) is 13.2 Å². The van der Waals surface area contributed by atoms with Gasteiger partial charge < -0.3 is 10.1 Å². The third-order valence-electron chi connectivity index (χ3n) is 3.89. The average Bonchev–Trinajstić information content (AvgIpc) is 3.20. The zero-order valence-electron chi connectivity index (χ0n) is 15.2. The van der Waals surface area contributed by atoms with Crippen LogP contribution in [-0.2, 0) is 11.2 Å². The summed E-state index contributed by atoms with van der Waals surface area (Å²) in [7, 11) is 0. The minimum absolute atomic E-state index is 0.0128. The van der Waals surface area contributed by atoms with Crippen LogP contribution in [0.1, 0.15) is 22.6 Å². The number of carbonyl (C=O) groups is 1. The second kappa shape index (κ2) is 8.14. The molecule has 1 aromatic carbocycles. The van der Waals surface area contributed by atoms with Crippen LogP contribution in [0.15, 0.2) is 35.7 Å². The van der Waals surface area contributed by atoms with Gasteiger partial charge in [-0.05, 0) is 38.5 Å². The lowest BCUT2D eigenvalue weighted by Gasteiger charge is -2.09. The first-order chi connectivity index (χ1) is 12.5. The maximum atomic E-state index is 11.9. The molecule has 6 nitrogen and oxygen atoms in total. The number of aromatic nitrogens is 3. The molecule has 1 N–H and O–H groups in total. The Bertz CT molecular complexity index is 901. The minimum atomic E-state index is -0.137. The third-order valence-corrected chi connectivity index (χ3v) is 4.75. The number of rotatable bonds is 7. The number of hydrogen-bond donors (Lipinski definition) is 1. The van der Waals surface area contributed by atoms with Crippen molar-refractivity contribution < 1.29 is 9.53 Å². The first-order valence-corrected chi connectivity index (χ1v) is 9.34. The highest BCUT2D eigenvalue weighted by Crippen LogP contribution is 2.17. The summed E-state index contributed by atoms with van der Waals surface area (Å²) < 4.78 is 7.39. The fourth-order valence-electron chi connectivity index (χ4n) is 2.57. The number of nitrogens with zero attached hydrogens (tertiary/aromatic N) is 3. The zero-order valence-corrected chi connectivity index (χ0v) is 16.0. The molecule has 0 unspecified atom stereocenters. The minimum Gasteiger partial charge on any atom is -0.484 e. The van der Waals surface area contributed by atoms with Crippen molar-refractivity contribution in [2.24, 2.45) is 0 Å². The number of benzene rings is 1. The first kappa shape index (κ1) is 18.1. The number of ether oxygens (including phenoxy) is 1.